The summed E-state index contributed by atoms with van der Waals surface area (Å²) in [5.74, 6) is -0.455. The van der Waals surface area contributed by atoms with Gasteiger partial charge >= 0.3 is 6.03 Å². The number of imide groups is 1. The van der Waals surface area contributed by atoms with Gasteiger partial charge in [-0.25, -0.2) is 4.79 Å². The van der Waals surface area contributed by atoms with Crippen molar-refractivity contribution in [1.29, 1.82) is 0 Å². The minimum Gasteiger partial charge on any atom is -0.341 e. The normalized spacial score (nSPS) is 11.6. The Kier molecular flexibility index (Phi) is 5.59. The molecule has 2 aromatic carbocycles. The van der Waals surface area contributed by atoms with Gasteiger partial charge in [-0.15, -0.1) is 5.10 Å². The van der Waals surface area contributed by atoms with Crippen LogP contribution in [0.25, 0.3) is 5.69 Å². The Balaban J connectivity index is 1.91. The Morgan fingerprint density at radius 3 is 2.35 bits per heavy atom. The number of hydrogen-bond donors (Lipinski definition) is 2. The maximum absolute atomic E-state index is 12.6. The molecule has 1 aromatic heterocycles. The number of urea groups is 1. The van der Waals surface area contributed by atoms with Crippen LogP contribution in [0.4, 0.5) is 4.79 Å². The van der Waals surface area contributed by atoms with Crippen LogP contribution in [0.5, 0.6) is 0 Å². The van der Waals surface area contributed by atoms with E-state index >= 15 is 0 Å². The summed E-state index contributed by atoms with van der Waals surface area (Å²) in [5.41, 5.74) is 1.51. The predicted octanol–water partition coefficient (Wildman–Crippen LogP) is 1.95. The first-order chi connectivity index (χ1) is 12.7. The van der Waals surface area contributed by atoms with Crippen molar-refractivity contribution in [1.82, 2.24) is 30.8 Å². The number of thioether (sulfide) groups is 1. The zero-order valence-corrected chi connectivity index (χ0v) is 14.7. The van der Waals surface area contributed by atoms with Crippen LogP contribution in [0.1, 0.15) is 10.8 Å². The second-order valence-corrected chi connectivity index (χ2v) is 6.26. The van der Waals surface area contributed by atoms with Crippen LogP contribution in [0.2, 0.25) is 0 Å². The van der Waals surface area contributed by atoms with Gasteiger partial charge in [0.2, 0.25) is 11.1 Å². The smallest absolute Gasteiger partial charge is 0.321 e. The Labute approximate surface area is 154 Å². The number of hydrogen-bond acceptors (Lipinski definition) is 6. The molecule has 26 heavy (non-hydrogen) atoms. The number of amides is 3. The highest BCUT2D eigenvalue weighted by molar-refractivity contribution is 8.00. The molecule has 3 rings (SSSR count). The molecule has 3 aromatic rings. The topological polar surface area (TPSA) is 102 Å². The van der Waals surface area contributed by atoms with Crippen molar-refractivity contribution in [3.05, 3.63) is 66.2 Å². The van der Waals surface area contributed by atoms with E-state index < -0.39 is 17.2 Å². The Hall–Kier alpha value is -3.20. The highest BCUT2D eigenvalue weighted by Crippen LogP contribution is 2.34. The summed E-state index contributed by atoms with van der Waals surface area (Å²) >= 11 is 1.17. The average Bonchev–Trinajstić information content (AvgIpc) is 3.15. The van der Waals surface area contributed by atoms with Gasteiger partial charge < -0.3 is 5.32 Å². The van der Waals surface area contributed by atoms with Crippen molar-refractivity contribution in [2.24, 2.45) is 0 Å². The van der Waals surface area contributed by atoms with Crippen LogP contribution in [0, 0.1) is 0 Å². The van der Waals surface area contributed by atoms with Crippen LogP contribution in [0.15, 0.2) is 65.8 Å². The summed E-state index contributed by atoms with van der Waals surface area (Å²) in [6.07, 6.45) is 0. The molecule has 0 fully saturated rings. The molecule has 0 aliphatic rings. The van der Waals surface area contributed by atoms with Gasteiger partial charge in [0.05, 0.1) is 5.69 Å². The van der Waals surface area contributed by atoms with Gasteiger partial charge in [-0.05, 0) is 28.1 Å². The molecule has 2 N–H and O–H groups in total. The van der Waals surface area contributed by atoms with Crippen molar-refractivity contribution in [2.45, 2.75) is 10.4 Å². The fraction of sp³-hybridized carbons (Fsp3) is 0.118. The van der Waals surface area contributed by atoms with Crippen LogP contribution in [-0.4, -0.2) is 39.2 Å². The monoisotopic (exact) mass is 368 g/mol. The number of benzene rings is 2. The fourth-order valence-corrected chi connectivity index (χ4v) is 3.23. The van der Waals surface area contributed by atoms with E-state index in [1.807, 2.05) is 60.7 Å². The minimum absolute atomic E-state index is 0.442. The summed E-state index contributed by atoms with van der Waals surface area (Å²) in [6.45, 7) is 0. The summed E-state index contributed by atoms with van der Waals surface area (Å²) < 4.78 is 1.55. The third kappa shape index (κ3) is 4.06. The summed E-state index contributed by atoms with van der Waals surface area (Å²) in [5, 5.41) is 16.2. The highest BCUT2D eigenvalue weighted by Gasteiger charge is 2.26. The Morgan fingerprint density at radius 1 is 1.04 bits per heavy atom. The maximum Gasteiger partial charge on any atom is 0.321 e. The third-order valence-corrected chi connectivity index (χ3v) is 4.66. The van der Waals surface area contributed by atoms with Crippen molar-refractivity contribution >= 4 is 23.7 Å². The van der Waals surface area contributed by atoms with E-state index in [0.717, 1.165) is 11.3 Å². The van der Waals surface area contributed by atoms with E-state index in [2.05, 4.69) is 26.2 Å². The van der Waals surface area contributed by atoms with Crippen LogP contribution in [0.3, 0.4) is 0 Å². The standard InChI is InChI=1S/C17H16N6O2S/c1-18-16(25)19-15(24)14(12-8-4-2-5-9-12)26-17-20-21-22-23(17)13-10-6-3-7-11-13/h2-11,14H,1H3,(H2,18,19,24,25)/t14-/m0/s1. The molecular weight excluding hydrogens is 352 g/mol. The minimum atomic E-state index is -0.693. The molecule has 0 unspecified atom stereocenters. The quantitative estimate of drug-likeness (QED) is 0.668. The van der Waals surface area contributed by atoms with Crippen molar-refractivity contribution < 1.29 is 9.59 Å². The van der Waals surface area contributed by atoms with E-state index in [4.69, 9.17) is 0 Å². The molecule has 0 bridgehead atoms. The SMILES string of the molecule is CNC(=O)NC(=O)[C@@H](Sc1nnnn1-c1ccccc1)c1ccccc1. The van der Waals surface area contributed by atoms with Crippen molar-refractivity contribution in [2.75, 3.05) is 7.05 Å². The molecule has 0 saturated heterocycles. The van der Waals surface area contributed by atoms with Crippen molar-refractivity contribution in [3.63, 3.8) is 0 Å². The lowest BCUT2D eigenvalue weighted by Crippen LogP contribution is -2.39. The Bertz CT molecular complexity index is 885. The van der Waals surface area contributed by atoms with Gasteiger partial charge in [-0.2, -0.15) is 4.68 Å². The largest absolute Gasteiger partial charge is 0.341 e. The van der Waals surface area contributed by atoms with Crippen LogP contribution >= 0.6 is 11.8 Å². The van der Waals surface area contributed by atoms with Crippen LogP contribution < -0.4 is 10.6 Å². The lowest BCUT2D eigenvalue weighted by Gasteiger charge is -2.15. The number of nitrogens with one attached hydrogen (secondary N) is 2. The number of rotatable bonds is 5. The number of tetrazole rings is 1. The van der Waals surface area contributed by atoms with E-state index in [-0.39, 0.29) is 0 Å². The number of nitrogens with zero attached hydrogens (tertiary/aromatic N) is 4. The lowest BCUT2D eigenvalue weighted by molar-refractivity contribution is -0.119. The fourth-order valence-electron chi connectivity index (χ4n) is 2.23. The summed E-state index contributed by atoms with van der Waals surface area (Å²) in [4.78, 5) is 24.2. The lowest BCUT2D eigenvalue weighted by atomic mass is 10.1. The molecular formula is C17H16N6O2S. The first-order valence-electron chi connectivity index (χ1n) is 7.77. The van der Waals surface area contributed by atoms with Gasteiger partial charge in [-0.1, -0.05) is 60.3 Å². The molecule has 0 spiro atoms. The molecule has 0 aliphatic carbocycles. The highest BCUT2D eigenvalue weighted by atomic mass is 32.2. The average molecular weight is 368 g/mol. The van der Waals surface area contributed by atoms with Crippen molar-refractivity contribution in [3.8, 4) is 5.69 Å². The predicted molar refractivity (Wildman–Crippen MR) is 96.8 cm³/mol. The molecule has 0 saturated carbocycles. The van der Waals surface area contributed by atoms with Crippen LogP contribution in [-0.2, 0) is 4.79 Å². The molecule has 0 radical (unpaired) electrons. The van der Waals surface area contributed by atoms with E-state index in [9.17, 15) is 9.59 Å². The molecule has 1 atom stereocenters. The Morgan fingerprint density at radius 2 is 1.69 bits per heavy atom. The zero-order chi connectivity index (χ0) is 18.4. The number of para-hydroxylation sites is 1. The molecule has 8 nitrogen and oxygen atoms in total. The summed E-state index contributed by atoms with van der Waals surface area (Å²) in [6, 6.07) is 17.9. The number of carbonyl (C=O) groups is 2. The molecule has 0 aliphatic heterocycles. The molecule has 1 heterocycles. The van der Waals surface area contributed by atoms with E-state index in [1.54, 1.807) is 4.68 Å². The summed E-state index contributed by atoms with van der Waals surface area (Å²) in [7, 11) is 1.45. The number of aromatic nitrogens is 4. The van der Waals surface area contributed by atoms with Gasteiger partial charge in [0.15, 0.2) is 0 Å². The maximum atomic E-state index is 12.6. The van der Waals surface area contributed by atoms with Gasteiger partial charge in [0, 0.05) is 7.05 Å². The van der Waals surface area contributed by atoms with Gasteiger partial charge in [0.1, 0.15) is 5.25 Å². The first kappa shape index (κ1) is 17.6. The number of carbonyl (C=O) groups excluding carboxylic acids is 2. The molecule has 3 amide bonds. The molecule has 9 heteroatoms. The second-order valence-electron chi connectivity index (χ2n) is 5.19. The third-order valence-electron chi connectivity index (χ3n) is 3.47. The first-order valence-corrected chi connectivity index (χ1v) is 8.65. The van der Waals surface area contributed by atoms with Gasteiger partial charge in [-0.3, -0.25) is 10.1 Å². The molecule has 132 valence electrons. The second kappa shape index (κ2) is 8.26. The van der Waals surface area contributed by atoms with Gasteiger partial charge in [0.25, 0.3) is 0 Å². The van der Waals surface area contributed by atoms with E-state index in [1.165, 1.54) is 18.8 Å². The zero-order valence-electron chi connectivity index (χ0n) is 13.9. The van der Waals surface area contributed by atoms with E-state index in [0.29, 0.717) is 5.16 Å².